The highest BCUT2D eigenvalue weighted by molar-refractivity contribution is 5.30. The van der Waals surface area contributed by atoms with E-state index in [1.807, 2.05) is 0 Å². The van der Waals surface area contributed by atoms with Gasteiger partial charge in [0.15, 0.2) is 0 Å². The summed E-state index contributed by atoms with van der Waals surface area (Å²) in [5, 5.41) is 3.70. The molecule has 0 bridgehead atoms. The van der Waals surface area contributed by atoms with Crippen molar-refractivity contribution in [1.29, 1.82) is 0 Å². The summed E-state index contributed by atoms with van der Waals surface area (Å²) in [6, 6.07) is 0.607. The van der Waals surface area contributed by atoms with Crippen LogP contribution < -0.4 is 5.32 Å². The number of hydrogen-bond donors (Lipinski definition) is 1. The van der Waals surface area contributed by atoms with E-state index in [0.717, 1.165) is 12.5 Å². The van der Waals surface area contributed by atoms with E-state index < -0.39 is 0 Å². The second-order valence-corrected chi connectivity index (χ2v) is 6.41. The van der Waals surface area contributed by atoms with Gasteiger partial charge in [-0.05, 0) is 62.1 Å². The third kappa shape index (κ3) is 4.10. The van der Waals surface area contributed by atoms with Crippen molar-refractivity contribution in [3.05, 3.63) is 23.5 Å². The van der Waals surface area contributed by atoms with Gasteiger partial charge in [-0.25, -0.2) is 0 Å². The Morgan fingerprint density at radius 1 is 1.37 bits per heavy atom. The van der Waals surface area contributed by atoms with Gasteiger partial charge in [0.05, 0.1) is 0 Å². The molecule has 1 heterocycles. The van der Waals surface area contributed by atoms with Crippen LogP contribution in [0, 0.1) is 5.92 Å². The van der Waals surface area contributed by atoms with Crippen molar-refractivity contribution in [1.82, 2.24) is 9.88 Å². The molecular formula is C17H30N2. The highest BCUT2D eigenvalue weighted by atomic mass is 15.0. The minimum Gasteiger partial charge on any atom is -0.354 e. The molecule has 0 spiro atoms. The molecule has 108 valence electrons. The van der Waals surface area contributed by atoms with Gasteiger partial charge < -0.3 is 9.88 Å². The van der Waals surface area contributed by atoms with Crippen molar-refractivity contribution >= 4 is 0 Å². The van der Waals surface area contributed by atoms with E-state index in [2.05, 4.69) is 43.0 Å². The van der Waals surface area contributed by atoms with E-state index in [9.17, 15) is 0 Å². The van der Waals surface area contributed by atoms with Crippen molar-refractivity contribution in [2.24, 2.45) is 5.92 Å². The van der Waals surface area contributed by atoms with Crippen LogP contribution in [0.5, 0.6) is 0 Å². The number of rotatable bonds is 7. The molecule has 1 N–H and O–H groups in total. The molecule has 1 atom stereocenters. The molecule has 1 aromatic heterocycles. The van der Waals surface area contributed by atoms with E-state index in [1.165, 1.54) is 45.1 Å². The SMILES string of the molecule is CCCNC1CCCc2cn(CCCC(C)C)cc21. The summed E-state index contributed by atoms with van der Waals surface area (Å²) < 4.78 is 2.43. The second kappa shape index (κ2) is 7.14. The maximum atomic E-state index is 3.70. The van der Waals surface area contributed by atoms with Gasteiger partial charge in [-0.15, -0.1) is 0 Å². The van der Waals surface area contributed by atoms with E-state index in [0.29, 0.717) is 6.04 Å². The molecule has 2 rings (SSSR count). The minimum absolute atomic E-state index is 0.607. The fraction of sp³-hybridized carbons (Fsp3) is 0.765. The lowest BCUT2D eigenvalue weighted by molar-refractivity contribution is 0.461. The molecule has 1 aliphatic rings. The van der Waals surface area contributed by atoms with E-state index in [-0.39, 0.29) is 0 Å². The van der Waals surface area contributed by atoms with Crippen molar-refractivity contribution in [2.45, 2.75) is 71.9 Å². The first-order valence-corrected chi connectivity index (χ1v) is 8.12. The molecule has 1 unspecified atom stereocenters. The van der Waals surface area contributed by atoms with Gasteiger partial charge in [-0.2, -0.15) is 0 Å². The fourth-order valence-electron chi connectivity index (χ4n) is 3.09. The van der Waals surface area contributed by atoms with E-state index >= 15 is 0 Å². The highest BCUT2D eigenvalue weighted by Gasteiger charge is 2.21. The molecule has 2 heteroatoms. The molecule has 1 aliphatic carbocycles. The Labute approximate surface area is 118 Å². The lowest BCUT2D eigenvalue weighted by Crippen LogP contribution is -2.24. The first kappa shape index (κ1) is 14.6. The first-order chi connectivity index (χ1) is 9.20. The number of hydrogen-bond acceptors (Lipinski definition) is 1. The minimum atomic E-state index is 0.607. The number of aryl methyl sites for hydroxylation is 2. The molecule has 2 nitrogen and oxygen atoms in total. The summed E-state index contributed by atoms with van der Waals surface area (Å²) >= 11 is 0. The fourth-order valence-corrected chi connectivity index (χ4v) is 3.09. The van der Waals surface area contributed by atoms with Gasteiger partial charge in [0.2, 0.25) is 0 Å². The molecule has 0 aromatic carbocycles. The summed E-state index contributed by atoms with van der Waals surface area (Å²) in [4.78, 5) is 0. The summed E-state index contributed by atoms with van der Waals surface area (Å²) in [5.74, 6) is 0.823. The number of aromatic nitrogens is 1. The Morgan fingerprint density at radius 2 is 2.21 bits per heavy atom. The Balaban J connectivity index is 1.95. The Morgan fingerprint density at radius 3 is 2.95 bits per heavy atom. The van der Waals surface area contributed by atoms with Crippen LogP contribution in [0.25, 0.3) is 0 Å². The zero-order chi connectivity index (χ0) is 13.7. The lowest BCUT2D eigenvalue weighted by Gasteiger charge is -2.23. The van der Waals surface area contributed by atoms with Gasteiger partial charge >= 0.3 is 0 Å². The standard InChI is InChI=1S/C17H30N2/c1-4-10-18-17-9-5-8-15-12-19(13-16(15)17)11-6-7-14(2)3/h12-14,17-18H,4-11H2,1-3H3. The average Bonchev–Trinajstić information content (AvgIpc) is 2.79. The highest BCUT2D eigenvalue weighted by Crippen LogP contribution is 2.30. The predicted octanol–water partition coefficient (Wildman–Crippen LogP) is 4.30. The molecule has 0 amide bonds. The van der Waals surface area contributed by atoms with Crippen LogP contribution in [0.2, 0.25) is 0 Å². The van der Waals surface area contributed by atoms with Gasteiger partial charge in [-0.1, -0.05) is 20.8 Å². The van der Waals surface area contributed by atoms with Crippen LogP contribution >= 0.6 is 0 Å². The number of nitrogens with zero attached hydrogens (tertiary/aromatic N) is 1. The maximum absolute atomic E-state index is 3.70. The molecule has 1 aromatic rings. The monoisotopic (exact) mass is 262 g/mol. The van der Waals surface area contributed by atoms with Gasteiger partial charge in [0.1, 0.15) is 0 Å². The average molecular weight is 262 g/mol. The summed E-state index contributed by atoms with van der Waals surface area (Å²) in [6.07, 6.45) is 12.6. The maximum Gasteiger partial charge on any atom is 0.0338 e. The Kier molecular flexibility index (Phi) is 5.50. The number of fused-ring (bicyclic) bond motifs is 1. The van der Waals surface area contributed by atoms with Crippen LogP contribution in [-0.4, -0.2) is 11.1 Å². The Hall–Kier alpha value is -0.760. The van der Waals surface area contributed by atoms with Crippen molar-refractivity contribution < 1.29 is 0 Å². The van der Waals surface area contributed by atoms with E-state index in [1.54, 1.807) is 11.1 Å². The van der Waals surface area contributed by atoms with Crippen molar-refractivity contribution in [2.75, 3.05) is 6.54 Å². The smallest absolute Gasteiger partial charge is 0.0338 e. The zero-order valence-electron chi connectivity index (χ0n) is 12.9. The predicted molar refractivity (Wildman–Crippen MR) is 82.5 cm³/mol. The third-order valence-electron chi connectivity index (χ3n) is 4.15. The molecule has 0 saturated heterocycles. The van der Waals surface area contributed by atoms with Crippen LogP contribution in [-0.2, 0) is 13.0 Å². The van der Waals surface area contributed by atoms with Crippen molar-refractivity contribution in [3.8, 4) is 0 Å². The summed E-state index contributed by atoms with van der Waals surface area (Å²) in [6.45, 7) is 9.19. The Bertz CT molecular complexity index is 379. The quantitative estimate of drug-likeness (QED) is 0.775. The summed E-state index contributed by atoms with van der Waals surface area (Å²) in [7, 11) is 0. The van der Waals surface area contributed by atoms with Crippen LogP contribution in [0.4, 0.5) is 0 Å². The number of nitrogens with one attached hydrogen (secondary N) is 1. The molecule has 19 heavy (non-hydrogen) atoms. The van der Waals surface area contributed by atoms with Gasteiger partial charge in [0, 0.05) is 25.0 Å². The normalized spacial score (nSPS) is 18.8. The summed E-state index contributed by atoms with van der Waals surface area (Å²) in [5.41, 5.74) is 3.16. The van der Waals surface area contributed by atoms with Gasteiger partial charge in [-0.3, -0.25) is 0 Å². The lowest BCUT2D eigenvalue weighted by atomic mass is 9.91. The zero-order valence-corrected chi connectivity index (χ0v) is 12.9. The molecule has 0 radical (unpaired) electrons. The first-order valence-electron chi connectivity index (χ1n) is 8.12. The van der Waals surface area contributed by atoms with Crippen molar-refractivity contribution in [3.63, 3.8) is 0 Å². The third-order valence-corrected chi connectivity index (χ3v) is 4.15. The van der Waals surface area contributed by atoms with Gasteiger partial charge in [0.25, 0.3) is 0 Å². The van der Waals surface area contributed by atoms with Crippen LogP contribution in [0.3, 0.4) is 0 Å². The molecule has 0 aliphatic heterocycles. The van der Waals surface area contributed by atoms with E-state index in [4.69, 9.17) is 0 Å². The second-order valence-electron chi connectivity index (χ2n) is 6.41. The molecule has 0 fully saturated rings. The topological polar surface area (TPSA) is 17.0 Å². The van der Waals surface area contributed by atoms with Crippen LogP contribution in [0.15, 0.2) is 12.4 Å². The molecular weight excluding hydrogens is 232 g/mol. The van der Waals surface area contributed by atoms with Crippen LogP contribution in [0.1, 0.15) is 70.0 Å². The largest absolute Gasteiger partial charge is 0.354 e. The molecule has 0 saturated carbocycles.